The van der Waals surface area contributed by atoms with Crippen LogP contribution >= 0.6 is 11.3 Å². The van der Waals surface area contributed by atoms with Crippen molar-refractivity contribution in [3.05, 3.63) is 58.3 Å². The zero-order valence-electron chi connectivity index (χ0n) is 15.3. The highest BCUT2D eigenvalue weighted by Gasteiger charge is 2.31. The molecule has 0 unspecified atom stereocenters. The molecule has 7 heteroatoms. The van der Waals surface area contributed by atoms with E-state index in [1.54, 1.807) is 11.3 Å². The number of piperazine rings is 1. The molecule has 26 heavy (non-hydrogen) atoms. The van der Waals surface area contributed by atoms with Crippen LogP contribution in [0.1, 0.15) is 23.4 Å². The van der Waals surface area contributed by atoms with Gasteiger partial charge < -0.3 is 0 Å². The molecule has 2 heterocycles. The monoisotopic (exact) mass is 393 g/mol. The zero-order chi connectivity index (χ0) is 18.6. The Kier molecular flexibility index (Phi) is 6.47. The van der Waals surface area contributed by atoms with Crippen LogP contribution in [0.3, 0.4) is 0 Å². The van der Waals surface area contributed by atoms with Gasteiger partial charge in [0.1, 0.15) is 0 Å². The molecule has 0 spiro atoms. The summed E-state index contributed by atoms with van der Waals surface area (Å²) in [6.07, 6.45) is 1.23. The second-order valence-electron chi connectivity index (χ2n) is 6.94. The van der Waals surface area contributed by atoms with E-state index in [4.69, 9.17) is 0 Å². The Morgan fingerprint density at radius 2 is 1.77 bits per heavy atom. The van der Waals surface area contributed by atoms with E-state index < -0.39 is 10.0 Å². The summed E-state index contributed by atoms with van der Waals surface area (Å²) in [7, 11) is -3.23. The maximum Gasteiger partial charge on any atom is 0.209 e. The number of thiophene rings is 1. The average molecular weight is 394 g/mol. The van der Waals surface area contributed by atoms with E-state index in [-0.39, 0.29) is 12.1 Å². The summed E-state index contributed by atoms with van der Waals surface area (Å²) in [6.45, 7) is 6.78. The minimum absolute atomic E-state index is 0.0728. The minimum atomic E-state index is -3.23. The molecule has 3 rings (SSSR count). The van der Waals surface area contributed by atoms with Crippen LogP contribution in [-0.4, -0.2) is 56.7 Å². The van der Waals surface area contributed by atoms with Gasteiger partial charge in [-0.25, -0.2) is 13.1 Å². The zero-order valence-corrected chi connectivity index (χ0v) is 17.0. The molecule has 1 fully saturated rings. The van der Waals surface area contributed by atoms with Gasteiger partial charge in [-0.05, 0) is 23.9 Å². The van der Waals surface area contributed by atoms with Gasteiger partial charge in [-0.2, -0.15) is 0 Å². The lowest BCUT2D eigenvalue weighted by Crippen LogP contribution is -2.51. The first-order chi connectivity index (χ1) is 12.4. The van der Waals surface area contributed by atoms with Crippen molar-refractivity contribution < 1.29 is 8.42 Å². The number of nitrogens with zero attached hydrogens (tertiary/aromatic N) is 2. The molecule has 0 saturated carbocycles. The highest BCUT2D eigenvalue weighted by molar-refractivity contribution is 7.88. The fourth-order valence-electron chi connectivity index (χ4n) is 3.65. The molecular formula is C19H27N3O2S2. The Bertz CT molecular complexity index is 770. The molecule has 0 radical (unpaired) electrons. The van der Waals surface area contributed by atoms with Crippen LogP contribution in [0.5, 0.6) is 0 Å². The Labute approximate surface area is 160 Å². The molecule has 142 valence electrons. The molecule has 1 aliphatic rings. The molecule has 0 aliphatic carbocycles. The lowest BCUT2D eigenvalue weighted by atomic mass is 10.1. The molecule has 1 aromatic heterocycles. The van der Waals surface area contributed by atoms with Crippen molar-refractivity contribution in [2.24, 2.45) is 0 Å². The molecule has 0 amide bonds. The molecule has 2 atom stereocenters. The van der Waals surface area contributed by atoms with Crippen molar-refractivity contribution in [3.8, 4) is 0 Å². The lowest BCUT2D eigenvalue weighted by Gasteiger charge is -2.41. The van der Waals surface area contributed by atoms with Crippen LogP contribution in [0, 0.1) is 0 Å². The van der Waals surface area contributed by atoms with Gasteiger partial charge in [0.25, 0.3) is 0 Å². The molecule has 2 aromatic rings. The Hall–Kier alpha value is -1.25. The number of hydrogen-bond donors (Lipinski definition) is 1. The summed E-state index contributed by atoms with van der Waals surface area (Å²) < 4.78 is 26.2. The number of sulfonamides is 1. The third-order valence-corrected chi connectivity index (χ3v) is 6.50. The van der Waals surface area contributed by atoms with E-state index in [0.29, 0.717) is 0 Å². The highest BCUT2D eigenvalue weighted by atomic mass is 32.2. The Morgan fingerprint density at radius 3 is 2.35 bits per heavy atom. The van der Waals surface area contributed by atoms with Gasteiger partial charge in [-0.1, -0.05) is 36.4 Å². The summed E-state index contributed by atoms with van der Waals surface area (Å²) in [5, 5.41) is 2.06. The maximum absolute atomic E-state index is 11.7. The van der Waals surface area contributed by atoms with Gasteiger partial charge >= 0.3 is 0 Å². The summed E-state index contributed by atoms with van der Waals surface area (Å²) in [4.78, 5) is 6.09. The van der Waals surface area contributed by atoms with E-state index in [1.165, 1.54) is 16.7 Å². The van der Waals surface area contributed by atoms with Crippen LogP contribution in [-0.2, 0) is 16.6 Å². The predicted octanol–water partition coefficient (Wildman–Crippen LogP) is 2.54. The third kappa shape index (κ3) is 5.37. The van der Waals surface area contributed by atoms with Crippen molar-refractivity contribution in [2.45, 2.75) is 25.6 Å². The SMILES string of the molecule is C[C@@H](NS(C)(=O)=O)[C@H](c1cccs1)N1CCN(Cc2ccccc2)CC1. The van der Waals surface area contributed by atoms with E-state index in [9.17, 15) is 8.42 Å². The van der Waals surface area contributed by atoms with E-state index in [2.05, 4.69) is 50.2 Å². The summed E-state index contributed by atoms with van der Waals surface area (Å²) in [5.41, 5.74) is 1.34. The number of rotatable bonds is 7. The van der Waals surface area contributed by atoms with Crippen LogP contribution in [0.4, 0.5) is 0 Å². The Balaban J connectivity index is 1.65. The van der Waals surface area contributed by atoms with Crippen LogP contribution in [0.2, 0.25) is 0 Å². The fraction of sp³-hybridized carbons (Fsp3) is 0.474. The second-order valence-corrected chi connectivity index (χ2v) is 9.70. The average Bonchev–Trinajstić information content (AvgIpc) is 3.10. The van der Waals surface area contributed by atoms with Gasteiger partial charge in [0.05, 0.1) is 12.3 Å². The first-order valence-corrected chi connectivity index (χ1v) is 11.7. The van der Waals surface area contributed by atoms with Crippen LogP contribution < -0.4 is 4.72 Å². The molecule has 5 nitrogen and oxygen atoms in total. The predicted molar refractivity (Wildman–Crippen MR) is 108 cm³/mol. The number of hydrogen-bond acceptors (Lipinski definition) is 5. The van der Waals surface area contributed by atoms with E-state index in [0.717, 1.165) is 32.7 Å². The number of benzene rings is 1. The van der Waals surface area contributed by atoms with Gasteiger partial charge in [0.2, 0.25) is 10.0 Å². The summed E-state index contributed by atoms with van der Waals surface area (Å²) >= 11 is 1.69. The first-order valence-electron chi connectivity index (χ1n) is 8.93. The molecule has 1 aliphatic heterocycles. The largest absolute Gasteiger partial charge is 0.297 e. The standard InChI is InChI=1S/C19H27N3O2S2/c1-16(20-26(2,23)24)19(18-9-6-14-25-18)22-12-10-21(11-13-22)15-17-7-4-3-5-8-17/h3-9,14,16,19-20H,10-13,15H2,1-2H3/t16-,19-/m1/s1. The summed E-state index contributed by atoms with van der Waals surface area (Å²) in [5.74, 6) is 0. The van der Waals surface area contributed by atoms with E-state index in [1.807, 2.05) is 19.1 Å². The van der Waals surface area contributed by atoms with Gasteiger partial charge in [0.15, 0.2) is 0 Å². The third-order valence-electron chi connectivity index (χ3n) is 4.76. The summed E-state index contributed by atoms with van der Waals surface area (Å²) in [6, 6.07) is 14.6. The molecule has 1 aromatic carbocycles. The van der Waals surface area contributed by atoms with Gasteiger partial charge in [0, 0.05) is 43.6 Å². The van der Waals surface area contributed by atoms with Crippen molar-refractivity contribution in [2.75, 3.05) is 32.4 Å². The quantitative estimate of drug-likeness (QED) is 0.785. The Morgan fingerprint density at radius 1 is 1.08 bits per heavy atom. The second kappa shape index (κ2) is 8.63. The van der Waals surface area contributed by atoms with Gasteiger partial charge in [-0.15, -0.1) is 11.3 Å². The molecule has 1 N–H and O–H groups in total. The lowest BCUT2D eigenvalue weighted by molar-refractivity contribution is 0.0819. The first kappa shape index (κ1) is 19.5. The van der Waals surface area contributed by atoms with Gasteiger partial charge in [-0.3, -0.25) is 9.80 Å². The fourth-order valence-corrected chi connectivity index (χ4v) is 5.41. The molecule has 0 bridgehead atoms. The van der Waals surface area contributed by atoms with Crippen molar-refractivity contribution in [1.82, 2.24) is 14.5 Å². The van der Waals surface area contributed by atoms with Crippen LogP contribution in [0.15, 0.2) is 47.8 Å². The highest BCUT2D eigenvalue weighted by Crippen LogP contribution is 2.29. The topological polar surface area (TPSA) is 52.7 Å². The van der Waals surface area contributed by atoms with E-state index >= 15 is 0 Å². The molecule has 1 saturated heterocycles. The normalized spacial score (nSPS) is 19.3. The van der Waals surface area contributed by atoms with Crippen LogP contribution in [0.25, 0.3) is 0 Å². The van der Waals surface area contributed by atoms with Crippen molar-refractivity contribution in [1.29, 1.82) is 0 Å². The van der Waals surface area contributed by atoms with Crippen molar-refractivity contribution >= 4 is 21.4 Å². The molecular weight excluding hydrogens is 366 g/mol. The minimum Gasteiger partial charge on any atom is -0.297 e. The maximum atomic E-state index is 11.7. The van der Waals surface area contributed by atoms with Crippen molar-refractivity contribution in [3.63, 3.8) is 0 Å². The number of nitrogens with one attached hydrogen (secondary N) is 1. The smallest absolute Gasteiger partial charge is 0.209 e.